The predicted molar refractivity (Wildman–Crippen MR) is 137 cm³/mol. The number of carbonyl (C=O) groups excluding carboxylic acids is 3. The van der Waals surface area contributed by atoms with Gasteiger partial charge < -0.3 is 20.1 Å². The lowest BCUT2D eigenvalue weighted by molar-refractivity contribution is -0.162. The third-order valence-corrected chi connectivity index (χ3v) is 8.57. The number of amides is 1. The maximum Gasteiger partial charge on any atom is 0.311 e. The molecule has 2 bridgehead atoms. The van der Waals surface area contributed by atoms with Crippen molar-refractivity contribution in [3.05, 3.63) is 41.3 Å². The number of anilines is 1. The van der Waals surface area contributed by atoms with E-state index in [1.54, 1.807) is 0 Å². The highest BCUT2D eigenvalue weighted by Crippen LogP contribution is 2.57. The Kier molecular flexibility index (Phi) is 6.00. The predicted octanol–water partition coefficient (Wildman–Crippen LogP) is 2.71. The van der Waals surface area contributed by atoms with Crippen molar-refractivity contribution in [1.82, 2.24) is 25.5 Å². The van der Waals surface area contributed by atoms with Crippen LogP contribution in [0.5, 0.6) is 5.75 Å². The number of methoxy groups -OCH3 is 1. The molecule has 0 saturated heterocycles. The zero-order valence-electron chi connectivity index (χ0n) is 21.3. The Morgan fingerprint density at radius 3 is 2.68 bits per heavy atom. The van der Waals surface area contributed by atoms with E-state index in [4.69, 9.17) is 9.47 Å². The van der Waals surface area contributed by atoms with Crippen LogP contribution in [-0.4, -0.2) is 58.1 Å². The summed E-state index contributed by atoms with van der Waals surface area (Å²) in [7, 11) is 1.47. The maximum atomic E-state index is 13.0. The van der Waals surface area contributed by atoms with Crippen LogP contribution in [0, 0.1) is 10.8 Å². The van der Waals surface area contributed by atoms with Crippen molar-refractivity contribution >= 4 is 34.5 Å². The lowest BCUT2D eigenvalue weighted by Gasteiger charge is -2.51. The third-order valence-electron chi connectivity index (χ3n) is 8.57. The molecule has 11 heteroatoms. The zero-order chi connectivity index (χ0) is 26.3. The number of ether oxygens (including phenoxy) is 2. The summed E-state index contributed by atoms with van der Waals surface area (Å²) < 4.78 is 10.5. The highest BCUT2D eigenvalue weighted by atomic mass is 16.5. The number of esters is 1. The molecule has 3 N–H and O–H groups in total. The van der Waals surface area contributed by atoms with Crippen LogP contribution in [0.25, 0.3) is 11.0 Å². The number of fused-ring (bicyclic) bond motifs is 5. The molecular weight excluding hydrogens is 488 g/mol. The molecule has 0 spiro atoms. The average molecular weight is 519 g/mol. The van der Waals surface area contributed by atoms with Gasteiger partial charge in [-0.25, -0.2) is 9.97 Å². The highest BCUT2D eigenvalue weighted by Gasteiger charge is 2.52. The summed E-state index contributed by atoms with van der Waals surface area (Å²) in [6.07, 6.45) is 7.13. The van der Waals surface area contributed by atoms with Crippen LogP contribution in [0.3, 0.4) is 0 Å². The van der Waals surface area contributed by atoms with Gasteiger partial charge in [0.05, 0.1) is 12.5 Å². The Balaban J connectivity index is 1.11. The number of ketones is 1. The molecule has 11 nitrogen and oxygen atoms in total. The summed E-state index contributed by atoms with van der Waals surface area (Å²) in [5.41, 5.74) is 2.72. The fourth-order valence-corrected chi connectivity index (χ4v) is 6.16. The van der Waals surface area contributed by atoms with Crippen molar-refractivity contribution < 1.29 is 23.9 Å². The van der Waals surface area contributed by atoms with E-state index in [2.05, 4.69) is 30.8 Å². The quantitative estimate of drug-likeness (QED) is 0.401. The summed E-state index contributed by atoms with van der Waals surface area (Å²) in [5, 5.41) is 13.7. The van der Waals surface area contributed by atoms with E-state index in [9.17, 15) is 14.4 Å². The molecule has 2 aromatic heterocycles. The first-order chi connectivity index (χ1) is 18.4. The molecule has 3 fully saturated rings. The van der Waals surface area contributed by atoms with Crippen molar-refractivity contribution in [2.75, 3.05) is 25.6 Å². The zero-order valence-corrected chi connectivity index (χ0v) is 21.3. The van der Waals surface area contributed by atoms with Crippen LogP contribution in [-0.2, 0) is 27.3 Å². The molecule has 7 rings (SSSR count). The fourth-order valence-electron chi connectivity index (χ4n) is 6.16. The molecule has 3 saturated carbocycles. The molecule has 38 heavy (non-hydrogen) atoms. The lowest BCUT2D eigenvalue weighted by atomic mass is 9.53. The molecule has 0 atom stereocenters. The van der Waals surface area contributed by atoms with E-state index in [0.29, 0.717) is 29.0 Å². The van der Waals surface area contributed by atoms with Gasteiger partial charge in [-0.2, -0.15) is 5.10 Å². The Hall–Kier alpha value is -4.02. The number of nitrogens with zero attached hydrogens (tertiary/aromatic N) is 3. The molecule has 3 aliphatic carbocycles. The fraction of sp³-hybridized carbons (Fsp3) is 0.481. The number of hydrogen-bond acceptors (Lipinski definition) is 9. The second kappa shape index (κ2) is 9.38. The monoisotopic (exact) mass is 518 g/mol. The molecule has 1 amide bonds. The molecular formula is C27H30N6O5. The summed E-state index contributed by atoms with van der Waals surface area (Å²) in [6.45, 7) is 1.10. The second-order valence-corrected chi connectivity index (χ2v) is 10.8. The van der Waals surface area contributed by atoms with E-state index in [1.807, 2.05) is 18.2 Å². The van der Waals surface area contributed by atoms with Crippen molar-refractivity contribution in [2.45, 2.75) is 51.5 Å². The van der Waals surface area contributed by atoms with Crippen molar-refractivity contribution in [3.8, 4) is 5.75 Å². The third kappa shape index (κ3) is 4.25. The minimum atomic E-state index is -0.352. The summed E-state index contributed by atoms with van der Waals surface area (Å²) >= 11 is 0. The van der Waals surface area contributed by atoms with E-state index < -0.39 is 0 Å². The van der Waals surface area contributed by atoms with Crippen LogP contribution in [0.2, 0.25) is 0 Å². The molecule has 1 aromatic carbocycles. The Labute approximate surface area is 219 Å². The molecule has 198 valence electrons. The van der Waals surface area contributed by atoms with Crippen molar-refractivity contribution in [3.63, 3.8) is 0 Å². The van der Waals surface area contributed by atoms with Crippen LogP contribution < -0.4 is 15.4 Å². The smallest absolute Gasteiger partial charge is 0.311 e. The topological polar surface area (TPSA) is 148 Å². The highest BCUT2D eigenvalue weighted by molar-refractivity contribution is 6.04. The largest absolute Gasteiger partial charge is 0.486 e. The first-order valence-corrected chi connectivity index (χ1v) is 13.0. The molecule has 0 unspecified atom stereocenters. The normalized spacial score (nSPS) is 24.0. The van der Waals surface area contributed by atoms with Gasteiger partial charge in [-0.3, -0.25) is 19.5 Å². The van der Waals surface area contributed by atoms with Crippen molar-refractivity contribution in [1.29, 1.82) is 0 Å². The molecule has 3 heterocycles. The van der Waals surface area contributed by atoms with Crippen LogP contribution in [0.4, 0.5) is 5.82 Å². The van der Waals surface area contributed by atoms with Gasteiger partial charge in [0.1, 0.15) is 29.7 Å². The first kappa shape index (κ1) is 24.3. The number of aromatic nitrogens is 4. The number of rotatable bonds is 7. The van der Waals surface area contributed by atoms with Gasteiger partial charge in [0.25, 0.3) is 5.91 Å². The summed E-state index contributed by atoms with van der Waals surface area (Å²) in [5.74, 6) is 0.899. The van der Waals surface area contributed by atoms with Gasteiger partial charge in [-0.15, -0.1) is 0 Å². The van der Waals surface area contributed by atoms with E-state index in [1.165, 1.54) is 13.4 Å². The lowest BCUT2D eigenvalue weighted by Crippen LogP contribution is -2.48. The number of aromatic amines is 1. The van der Waals surface area contributed by atoms with Gasteiger partial charge in [0.15, 0.2) is 17.3 Å². The maximum absolute atomic E-state index is 13.0. The number of carbonyl (C=O) groups is 3. The molecule has 4 aliphatic rings. The molecule has 3 aromatic rings. The molecule has 1 aliphatic heterocycles. The Bertz CT molecular complexity index is 1410. The van der Waals surface area contributed by atoms with Crippen LogP contribution >= 0.6 is 0 Å². The number of H-pyrrole nitrogens is 1. The van der Waals surface area contributed by atoms with E-state index in [-0.39, 0.29) is 47.3 Å². The van der Waals surface area contributed by atoms with Crippen LogP contribution in [0.1, 0.15) is 60.1 Å². The van der Waals surface area contributed by atoms with Gasteiger partial charge >= 0.3 is 5.97 Å². The number of benzene rings is 1. The van der Waals surface area contributed by atoms with Crippen molar-refractivity contribution in [2.24, 2.45) is 10.8 Å². The number of nitrogens with one attached hydrogen (secondary N) is 3. The summed E-state index contributed by atoms with van der Waals surface area (Å²) in [4.78, 5) is 45.6. The van der Waals surface area contributed by atoms with Gasteiger partial charge in [-0.05, 0) is 61.6 Å². The Morgan fingerprint density at radius 2 is 1.92 bits per heavy atom. The van der Waals surface area contributed by atoms with E-state index >= 15 is 0 Å². The number of Topliss-reactive ketones (excluding diaryl/α,β-unsaturated/α-hetero) is 1. The van der Waals surface area contributed by atoms with Gasteiger partial charge in [-0.1, -0.05) is 6.07 Å². The minimum Gasteiger partial charge on any atom is -0.486 e. The summed E-state index contributed by atoms with van der Waals surface area (Å²) in [6, 6.07) is 5.58. The minimum absolute atomic E-state index is 0.0339. The Morgan fingerprint density at radius 1 is 1.13 bits per heavy atom. The first-order valence-electron chi connectivity index (χ1n) is 13.0. The number of hydrogen-bond donors (Lipinski definition) is 3. The SMILES string of the molecule is COC(=O)C12CCC(CNc3n[nH]c4c(C(=O)NCc5ccc6c(c5)CC(=O)CO6)ncnc34)(CC1)CC2. The standard InChI is InChI=1S/C27H30N6O5/c1-37-25(36)27-7-4-26(5-8-27,6-9-27)14-29-23-21-20(32-33-23)22(31-15-30-21)24(35)28-12-16-2-3-19-17(10-16)11-18(34)13-38-19/h2-3,10,15H,4-9,11-14H2,1H3,(H,28,35)(H2,29,32,33). The van der Waals surface area contributed by atoms with E-state index in [0.717, 1.165) is 56.2 Å². The molecule has 0 radical (unpaired) electrons. The van der Waals surface area contributed by atoms with Gasteiger partial charge in [0, 0.05) is 25.1 Å². The second-order valence-electron chi connectivity index (χ2n) is 10.8. The van der Waals surface area contributed by atoms with Crippen LogP contribution in [0.15, 0.2) is 24.5 Å². The average Bonchev–Trinajstić information content (AvgIpc) is 3.38. The van der Waals surface area contributed by atoms with Gasteiger partial charge in [0.2, 0.25) is 0 Å².